The summed E-state index contributed by atoms with van der Waals surface area (Å²) in [6.07, 6.45) is 9.09. The minimum atomic E-state index is -0.897. The van der Waals surface area contributed by atoms with Gasteiger partial charge >= 0.3 is 5.97 Å². The molecule has 3 heterocycles. The number of hydrazone groups is 1. The number of piperidine rings is 1. The molecule has 0 spiro atoms. The Balaban J connectivity index is 1.39. The van der Waals surface area contributed by atoms with Gasteiger partial charge in [-0.3, -0.25) is 4.79 Å². The van der Waals surface area contributed by atoms with Crippen molar-refractivity contribution in [1.82, 2.24) is 5.01 Å². The van der Waals surface area contributed by atoms with Crippen LogP contribution in [-0.4, -0.2) is 47.0 Å². The van der Waals surface area contributed by atoms with Crippen molar-refractivity contribution < 1.29 is 19.4 Å². The van der Waals surface area contributed by atoms with E-state index in [0.717, 1.165) is 50.6 Å². The minimum absolute atomic E-state index is 0.122. The number of amides is 1. The van der Waals surface area contributed by atoms with Crippen molar-refractivity contribution in [2.45, 2.75) is 57.2 Å². The Morgan fingerprint density at radius 3 is 2.74 bits per heavy atom. The molecule has 1 aromatic rings. The van der Waals surface area contributed by atoms with E-state index >= 15 is 0 Å². The van der Waals surface area contributed by atoms with Crippen LogP contribution in [0.3, 0.4) is 0 Å². The molecule has 1 unspecified atom stereocenters. The SMILES string of the molecule is O=C(O)c1ccc(CC[C@H]2C3CC[C@H](O3)[C@H]2C=NN2CCCCC2=O)cc1. The molecule has 6 nitrogen and oxygen atoms in total. The zero-order chi connectivity index (χ0) is 18.8. The van der Waals surface area contributed by atoms with E-state index in [1.807, 2.05) is 18.3 Å². The first-order chi connectivity index (χ1) is 13.1. The number of rotatable bonds is 6. The van der Waals surface area contributed by atoms with Crippen LogP contribution in [0.5, 0.6) is 0 Å². The average Bonchev–Trinajstić information content (AvgIpc) is 3.27. The van der Waals surface area contributed by atoms with Gasteiger partial charge in [0.1, 0.15) is 0 Å². The summed E-state index contributed by atoms with van der Waals surface area (Å²) in [5, 5.41) is 15.1. The van der Waals surface area contributed by atoms with E-state index in [4.69, 9.17) is 9.84 Å². The second-order valence-corrected chi connectivity index (χ2v) is 7.81. The van der Waals surface area contributed by atoms with Crippen molar-refractivity contribution >= 4 is 18.1 Å². The van der Waals surface area contributed by atoms with Crippen LogP contribution in [0.1, 0.15) is 54.4 Å². The number of hydrogen-bond donors (Lipinski definition) is 1. The monoisotopic (exact) mass is 370 g/mol. The number of aryl methyl sites for hydroxylation is 1. The summed E-state index contributed by atoms with van der Waals surface area (Å²) in [7, 11) is 0. The highest BCUT2D eigenvalue weighted by atomic mass is 16.5. The molecule has 144 valence electrons. The molecule has 4 rings (SSSR count). The molecule has 1 N–H and O–H groups in total. The second-order valence-electron chi connectivity index (χ2n) is 7.81. The van der Waals surface area contributed by atoms with Crippen LogP contribution >= 0.6 is 0 Å². The lowest BCUT2D eigenvalue weighted by molar-refractivity contribution is -0.133. The predicted octanol–water partition coefficient (Wildman–Crippen LogP) is 3.11. The van der Waals surface area contributed by atoms with Crippen molar-refractivity contribution in [3.63, 3.8) is 0 Å². The first kappa shape index (κ1) is 18.2. The maximum absolute atomic E-state index is 12.0. The Kier molecular flexibility index (Phi) is 5.25. The number of aromatic carboxylic acids is 1. The lowest BCUT2D eigenvalue weighted by atomic mass is 9.77. The number of carboxylic acid groups (broad SMARTS) is 1. The number of carbonyl (C=O) groups excluding carboxylic acids is 1. The number of carboxylic acids is 1. The van der Waals surface area contributed by atoms with Crippen LogP contribution in [0, 0.1) is 11.8 Å². The molecular weight excluding hydrogens is 344 g/mol. The third-order valence-corrected chi connectivity index (χ3v) is 6.13. The Morgan fingerprint density at radius 2 is 2.00 bits per heavy atom. The summed E-state index contributed by atoms with van der Waals surface area (Å²) >= 11 is 0. The molecular formula is C21H26N2O4. The summed E-state index contributed by atoms with van der Waals surface area (Å²) in [4.78, 5) is 22.9. The maximum atomic E-state index is 12.0. The average molecular weight is 370 g/mol. The van der Waals surface area contributed by atoms with E-state index in [0.29, 0.717) is 17.9 Å². The van der Waals surface area contributed by atoms with Gasteiger partial charge in [-0.1, -0.05) is 12.1 Å². The van der Waals surface area contributed by atoms with Gasteiger partial charge in [0.15, 0.2) is 0 Å². The van der Waals surface area contributed by atoms with Crippen LogP contribution in [0.2, 0.25) is 0 Å². The van der Waals surface area contributed by atoms with Gasteiger partial charge < -0.3 is 9.84 Å². The molecule has 3 aliphatic rings. The minimum Gasteiger partial charge on any atom is -0.478 e. The molecule has 0 saturated carbocycles. The van der Waals surface area contributed by atoms with E-state index in [9.17, 15) is 9.59 Å². The molecule has 6 heteroatoms. The fraction of sp³-hybridized carbons (Fsp3) is 0.571. The molecule has 0 aliphatic carbocycles. The molecule has 0 radical (unpaired) electrons. The normalized spacial score (nSPS) is 30.4. The van der Waals surface area contributed by atoms with Crippen molar-refractivity contribution in [2.24, 2.45) is 16.9 Å². The predicted molar refractivity (Wildman–Crippen MR) is 101 cm³/mol. The molecule has 0 aromatic heterocycles. The van der Waals surface area contributed by atoms with Crippen LogP contribution in [0.15, 0.2) is 29.4 Å². The van der Waals surface area contributed by atoms with Gasteiger partial charge in [-0.05, 0) is 62.1 Å². The van der Waals surface area contributed by atoms with E-state index < -0.39 is 5.97 Å². The maximum Gasteiger partial charge on any atom is 0.335 e. The van der Waals surface area contributed by atoms with E-state index in [1.54, 1.807) is 17.1 Å². The summed E-state index contributed by atoms with van der Waals surface area (Å²) in [6, 6.07) is 7.12. The fourth-order valence-electron chi connectivity index (χ4n) is 4.61. The zero-order valence-corrected chi connectivity index (χ0v) is 15.4. The van der Waals surface area contributed by atoms with Crippen LogP contribution in [-0.2, 0) is 16.0 Å². The van der Waals surface area contributed by atoms with Crippen LogP contribution in [0.4, 0.5) is 0 Å². The smallest absolute Gasteiger partial charge is 0.335 e. The van der Waals surface area contributed by atoms with Gasteiger partial charge in [0, 0.05) is 25.1 Å². The third-order valence-electron chi connectivity index (χ3n) is 6.13. The molecule has 4 atom stereocenters. The number of nitrogens with zero attached hydrogens (tertiary/aromatic N) is 2. The standard InChI is InChI=1S/C21H26N2O4/c24-20-3-1-2-12-23(20)22-13-17-16(18-10-11-19(17)27-18)9-6-14-4-7-15(8-5-14)21(25)26/h4-5,7-8,13,16-19H,1-3,6,9-12H2,(H,25,26)/t16-,17+,18?,19+/m1/s1. The first-order valence-electron chi connectivity index (χ1n) is 9.94. The van der Waals surface area contributed by atoms with Crippen LogP contribution in [0.25, 0.3) is 0 Å². The molecule has 3 saturated heterocycles. The van der Waals surface area contributed by atoms with Crippen molar-refractivity contribution in [3.05, 3.63) is 35.4 Å². The van der Waals surface area contributed by atoms with Gasteiger partial charge in [0.25, 0.3) is 0 Å². The van der Waals surface area contributed by atoms with Gasteiger partial charge in [-0.2, -0.15) is 5.10 Å². The Bertz CT molecular complexity index is 730. The quantitative estimate of drug-likeness (QED) is 0.781. The Labute approximate surface area is 159 Å². The highest BCUT2D eigenvalue weighted by molar-refractivity contribution is 5.87. The summed E-state index contributed by atoms with van der Waals surface area (Å²) in [5.74, 6) is -0.105. The van der Waals surface area contributed by atoms with Gasteiger partial charge in [0.05, 0.1) is 17.8 Å². The Morgan fingerprint density at radius 1 is 1.22 bits per heavy atom. The highest BCUT2D eigenvalue weighted by Gasteiger charge is 2.47. The fourth-order valence-corrected chi connectivity index (χ4v) is 4.61. The molecule has 1 amide bonds. The number of hydrogen-bond acceptors (Lipinski definition) is 4. The van der Waals surface area contributed by atoms with Gasteiger partial charge in [0.2, 0.25) is 5.91 Å². The number of fused-ring (bicyclic) bond motifs is 2. The number of benzene rings is 1. The number of ether oxygens (including phenoxy) is 1. The largest absolute Gasteiger partial charge is 0.478 e. The lowest BCUT2D eigenvalue weighted by Gasteiger charge is -2.27. The van der Waals surface area contributed by atoms with Gasteiger partial charge in [-0.25, -0.2) is 9.80 Å². The summed E-state index contributed by atoms with van der Waals surface area (Å²) in [6.45, 7) is 0.720. The molecule has 3 fully saturated rings. The first-order valence-corrected chi connectivity index (χ1v) is 9.94. The van der Waals surface area contributed by atoms with E-state index in [-0.39, 0.29) is 24.0 Å². The second kappa shape index (κ2) is 7.80. The van der Waals surface area contributed by atoms with Gasteiger partial charge in [-0.15, -0.1) is 0 Å². The number of carbonyl (C=O) groups is 2. The highest BCUT2D eigenvalue weighted by Crippen LogP contribution is 2.44. The van der Waals surface area contributed by atoms with Crippen molar-refractivity contribution in [1.29, 1.82) is 0 Å². The topological polar surface area (TPSA) is 79.2 Å². The van der Waals surface area contributed by atoms with Crippen molar-refractivity contribution in [3.8, 4) is 0 Å². The molecule has 2 bridgehead atoms. The summed E-state index contributed by atoms with van der Waals surface area (Å²) in [5.41, 5.74) is 1.46. The van der Waals surface area contributed by atoms with Crippen molar-refractivity contribution in [2.75, 3.05) is 6.54 Å². The van der Waals surface area contributed by atoms with E-state index in [1.165, 1.54) is 0 Å². The van der Waals surface area contributed by atoms with E-state index in [2.05, 4.69) is 5.10 Å². The zero-order valence-electron chi connectivity index (χ0n) is 15.4. The molecule has 3 aliphatic heterocycles. The Hall–Kier alpha value is -2.21. The molecule has 27 heavy (non-hydrogen) atoms. The van der Waals surface area contributed by atoms with Crippen LogP contribution < -0.4 is 0 Å². The lowest BCUT2D eigenvalue weighted by Crippen LogP contribution is -2.33. The third kappa shape index (κ3) is 3.90. The summed E-state index contributed by atoms with van der Waals surface area (Å²) < 4.78 is 6.13. The molecule has 1 aromatic carbocycles.